The lowest BCUT2D eigenvalue weighted by atomic mass is 9.83. The fraction of sp³-hybridized carbons (Fsp3) is 0.815. The number of urea groups is 2. The van der Waals surface area contributed by atoms with Crippen LogP contribution in [0, 0.1) is 5.92 Å². The van der Waals surface area contributed by atoms with Gasteiger partial charge in [0.15, 0.2) is 0 Å². The quantitative estimate of drug-likeness (QED) is 0.277. The average molecular weight is 491 g/mol. The summed E-state index contributed by atoms with van der Waals surface area (Å²) in [5.74, 6) is -0.513. The second kappa shape index (κ2) is 15.0. The van der Waals surface area contributed by atoms with Crippen molar-refractivity contribution in [3.63, 3.8) is 0 Å². The molecule has 3 saturated carbocycles. The molecule has 3 aliphatic carbocycles. The van der Waals surface area contributed by atoms with E-state index in [9.17, 15) is 19.5 Å². The van der Waals surface area contributed by atoms with E-state index < -0.39 is 5.97 Å². The van der Waals surface area contributed by atoms with E-state index in [0.717, 1.165) is 76.2 Å². The SMILES string of the molecule is O=C(NCCC(CC1CCCCC1)=C(CNC(=O)NC1CCCCC1)C(=O)O)NC1CCCCC1. The van der Waals surface area contributed by atoms with Crippen molar-refractivity contribution in [2.24, 2.45) is 5.92 Å². The molecular weight excluding hydrogens is 444 g/mol. The van der Waals surface area contributed by atoms with Crippen LogP contribution in [0.2, 0.25) is 0 Å². The van der Waals surface area contributed by atoms with Gasteiger partial charge in [-0.3, -0.25) is 0 Å². The van der Waals surface area contributed by atoms with Gasteiger partial charge in [0.1, 0.15) is 0 Å². The minimum atomic E-state index is -0.986. The first-order chi connectivity index (χ1) is 17.0. The number of amides is 4. The van der Waals surface area contributed by atoms with Gasteiger partial charge in [0, 0.05) is 18.6 Å². The van der Waals surface area contributed by atoms with Crippen molar-refractivity contribution in [3.05, 3.63) is 11.1 Å². The van der Waals surface area contributed by atoms with Crippen LogP contribution in [0.5, 0.6) is 0 Å². The fourth-order valence-electron chi connectivity index (χ4n) is 5.93. The van der Waals surface area contributed by atoms with Crippen LogP contribution in [0.25, 0.3) is 0 Å². The van der Waals surface area contributed by atoms with Crippen LogP contribution in [0.15, 0.2) is 11.1 Å². The van der Waals surface area contributed by atoms with Gasteiger partial charge in [-0.2, -0.15) is 0 Å². The maximum Gasteiger partial charge on any atom is 0.333 e. The van der Waals surface area contributed by atoms with Gasteiger partial charge >= 0.3 is 18.0 Å². The van der Waals surface area contributed by atoms with E-state index in [0.29, 0.717) is 18.9 Å². The van der Waals surface area contributed by atoms with Crippen LogP contribution in [0.3, 0.4) is 0 Å². The molecule has 0 bridgehead atoms. The molecule has 8 nitrogen and oxygen atoms in total. The van der Waals surface area contributed by atoms with Crippen LogP contribution < -0.4 is 21.3 Å². The highest BCUT2D eigenvalue weighted by atomic mass is 16.4. The molecule has 0 aromatic rings. The highest BCUT2D eigenvalue weighted by molar-refractivity contribution is 5.89. The molecule has 3 fully saturated rings. The third-order valence-corrected chi connectivity index (χ3v) is 7.96. The Morgan fingerprint density at radius 3 is 1.66 bits per heavy atom. The Morgan fingerprint density at radius 1 is 0.657 bits per heavy atom. The predicted octanol–water partition coefficient (Wildman–Crippen LogP) is 4.99. The van der Waals surface area contributed by atoms with Crippen molar-refractivity contribution in [2.45, 2.75) is 121 Å². The Balaban J connectivity index is 1.56. The van der Waals surface area contributed by atoms with Crippen molar-refractivity contribution in [3.8, 4) is 0 Å². The zero-order chi connectivity index (χ0) is 24.9. The number of carboxylic acids is 1. The van der Waals surface area contributed by atoms with Crippen molar-refractivity contribution < 1.29 is 19.5 Å². The normalized spacial score (nSPS) is 21.0. The van der Waals surface area contributed by atoms with Crippen molar-refractivity contribution in [1.29, 1.82) is 0 Å². The van der Waals surface area contributed by atoms with E-state index >= 15 is 0 Å². The monoisotopic (exact) mass is 490 g/mol. The Labute approximate surface area is 210 Å². The van der Waals surface area contributed by atoms with E-state index in [-0.39, 0.29) is 36.3 Å². The summed E-state index contributed by atoms with van der Waals surface area (Å²) in [4.78, 5) is 37.0. The van der Waals surface area contributed by atoms with Crippen molar-refractivity contribution >= 4 is 18.0 Å². The summed E-state index contributed by atoms with van der Waals surface area (Å²) in [5, 5.41) is 21.8. The fourth-order valence-corrected chi connectivity index (χ4v) is 5.93. The highest BCUT2D eigenvalue weighted by Crippen LogP contribution is 2.31. The predicted molar refractivity (Wildman–Crippen MR) is 137 cm³/mol. The summed E-state index contributed by atoms with van der Waals surface area (Å²) < 4.78 is 0. The van der Waals surface area contributed by atoms with Gasteiger partial charge in [-0.25, -0.2) is 14.4 Å². The lowest BCUT2D eigenvalue weighted by molar-refractivity contribution is -0.132. The lowest BCUT2D eigenvalue weighted by Crippen LogP contribution is -2.44. The first-order valence-corrected chi connectivity index (χ1v) is 14.0. The molecule has 0 atom stereocenters. The Morgan fingerprint density at radius 2 is 1.14 bits per heavy atom. The number of rotatable bonds is 10. The van der Waals surface area contributed by atoms with Gasteiger partial charge in [-0.15, -0.1) is 0 Å². The summed E-state index contributed by atoms with van der Waals surface area (Å²) in [6.45, 7) is 0.399. The topological polar surface area (TPSA) is 120 Å². The molecule has 0 heterocycles. The van der Waals surface area contributed by atoms with E-state index in [2.05, 4.69) is 21.3 Å². The zero-order valence-electron chi connectivity index (χ0n) is 21.3. The van der Waals surface area contributed by atoms with Crippen LogP contribution in [-0.2, 0) is 4.79 Å². The highest BCUT2D eigenvalue weighted by Gasteiger charge is 2.22. The van der Waals surface area contributed by atoms with Crippen LogP contribution in [-0.4, -0.2) is 48.3 Å². The lowest BCUT2D eigenvalue weighted by Gasteiger charge is -2.25. The molecule has 3 rings (SSSR count). The molecule has 0 spiro atoms. The first kappa shape index (κ1) is 27.3. The molecule has 198 valence electrons. The molecule has 5 N–H and O–H groups in total. The van der Waals surface area contributed by atoms with Gasteiger partial charge in [-0.1, -0.05) is 76.2 Å². The maximum absolute atomic E-state index is 12.4. The second-order valence-corrected chi connectivity index (χ2v) is 10.7. The van der Waals surface area contributed by atoms with E-state index in [1.807, 2.05) is 0 Å². The number of aliphatic carboxylic acids is 1. The summed E-state index contributed by atoms with van der Waals surface area (Å²) >= 11 is 0. The van der Waals surface area contributed by atoms with Gasteiger partial charge in [0.2, 0.25) is 0 Å². The minimum Gasteiger partial charge on any atom is -0.478 e. The first-order valence-electron chi connectivity index (χ1n) is 14.0. The Kier molecular flexibility index (Phi) is 11.7. The largest absolute Gasteiger partial charge is 0.478 e. The Bertz CT molecular complexity index is 721. The summed E-state index contributed by atoms with van der Waals surface area (Å²) in [6, 6.07) is -0.0505. The molecular formula is C27H46N4O4. The second-order valence-electron chi connectivity index (χ2n) is 10.7. The number of carbonyl (C=O) groups is 3. The van der Waals surface area contributed by atoms with Crippen molar-refractivity contribution in [2.75, 3.05) is 13.1 Å². The smallest absolute Gasteiger partial charge is 0.333 e. The standard InChI is InChI=1S/C27H46N4O4/c32-25(33)24(19-29-27(35)31-23-14-8-3-9-15-23)21(18-20-10-4-1-5-11-20)16-17-28-26(34)30-22-12-6-2-7-13-22/h20,22-23H,1-19H2,(H,32,33)(H2,28,30,34)(H2,29,31,35). The molecule has 3 aliphatic rings. The number of nitrogens with one attached hydrogen (secondary N) is 4. The van der Waals surface area contributed by atoms with E-state index in [1.165, 1.54) is 32.1 Å². The van der Waals surface area contributed by atoms with Crippen LogP contribution >= 0.6 is 0 Å². The zero-order valence-corrected chi connectivity index (χ0v) is 21.3. The number of hydrogen-bond acceptors (Lipinski definition) is 3. The number of carbonyl (C=O) groups excluding carboxylic acids is 2. The van der Waals surface area contributed by atoms with E-state index in [4.69, 9.17) is 0 Å². The van der Waals surface area contributed by atoms with Crippen LogP contribution in [0.4, 0.5) is 9.59 Å². The molecule has 4 amide bonds. The Hall–Kier alpha value is -2.25. The molecule has 0 aromatic carbocycles. The molecule has 8 heteroatoms. The van der Waals surface area contributed by atoms with Gasteiger partial charge in [0.05, 0.1) is 12.1 Å². The van der Waals surface area contributed by atoms with Gasteiger partial charge < -0.3 is 26.4 Å². The number of hydrogen-bond donors (Lipinski definition) is 5. The van der Waals surface area contributed by atoms with Gasteiger partial charge in [0.25, 0.3) is 0 Å². The number of carboxylic acid groups (broad SMARTS) is 1. The van der Waals surface area contributed by atoms with Crippen molar-refractivity contribution in [1.82, 2.24) is 21.3 Å². The van der Waals surface area contributed by atoms with Crippen LogP contribution in [0.1, 0.15) is 109 Å². The third-order valence-electron chi connectivity index (χ3n) is 7.96. The molecule has 0 aromatic heterocycles. The summed E-state index contributed by atoms with van der Waals surface area (Å²) in [6.07, 6.45) is 18.1. The maximum atomic E-state index is 12.4. The third kappa shape index (κ3) is 10.1. The molecule has 0 radical (unpaired) electrons. The minimum absolute atomic E-state index is 0.00418. The summed E-state index contributed by atoms with van der Waals surface area (Å²) in [7, 11) is 0. The summed E-state index contributed by atoms with van der Waals surface area (Å²) in [5.41, 5.74) is 1.11. The van der Waals surface area contributed by atoms with Gasteiger partial charge in [-0.05, 0) is 44.4 Å². The molecule has 0 aliphatic heterocycles. The average Bonchev–Trinajstić information content (AvgIpc) is 2.85. The molecule has 0 unspecified atom stereocenters. The van der Waals surface area contributed by atoms with E-state index in [1.54, 1.807) is 0 Å². The molecule has 0 saturated heterocycles. The molecule has 35 heavy (non-hydrogen) atoms.